The van der Waals surface area contributed by atoms with E-state index in [1.54, 1.807) is 0 Å². The topological polar surface area (TPSA) is 46.3 Å². The SMILES string of the molecule is CCC(C)(C)C(=O)N(CCCN)CC(C)C. The third-order valence-corrected chi connectivity index (χ3v) is 2.97. The van der Waals surface area contributed by atoms with Crippen LogP contribution in [0.25, 0.3) is 0 Å². The Kier molecular flexibility index (Phi) is 6.65. The smallest absolute Gasteiger partial charge is 0.228 e. The van der Waals surface area contributed by atoms with Crippen LogP contribution in [0.5, 0.6) is 0 Å². The number of hydrogen-bond acceptors (Lipinski definition) is 2. The fourth-order valence-electron chi connectivity index (χ4n) is 1.58. The maximum atomic E-state index is 12.3. The molecule has 2 N–H and O–H groups in total. The molecule has 16 heavy (non-hydrogen) atoms. The zero-order chi connectivity index (χ0) is 12.8. The van der Waals surface area contributed by atoms with Gasteiger partial charge in [-0.1, -0.05) is 34.6 Å². The highest BCUT2D eigenvalue weighted by Crippen LogP contribution is 2.23. The lowest BCUT2D eigenvalue weighted by molar-refractivity contribution is -0.141. The number of carbonyl (C=O) groups is 1. The number of amides is 1. The quantitative estimate of drug-likeness (QED) is 0.726. The van der Waals surface area contributed by atoms with Crippen LogP contribution in [0.1, 0.15) is 47.5 Å². The molecule has 0 heterocycles. The molecule has 0 radical (unpaired) electrons. The second kappa shape index (κ2) is 6.89. The Bertz CT molecular complexity index is 212. The Balaban J connectivity index is 4.54. The highest BCUT2D eigenvalue weighted by molar-refractivity contribution is 5.81. The van der Waals surface area contributed by atoms with Gasteiger partial charge in [0.15, 0.2) is 0 Å². The summed E-state index contributed by atoms with van der Waals surface area (Å²) in [6.45, 7) is 12.7. The molecule has 0 aromatic carbocycles. The molecule has 3 heteroatoms. The number of nitrogens with two attached hydrogens (primary N) is 1. The first kappa shape index (κ1) is 15.4. The van der Waals surface area contributed by atoms with Gasteiger partial charge in [-0.2, -0.15) is 0 Å². The van der Waals surface area contributed by atoms with E-state index in [1.807, 2.05) is 18.7 Å². The van der Waals surface area contributed by atoms with E-state index in [9.17, 15) is 4.79 Å². The second-order valence-electron chi connectivity index (χ2n) is 5.52. The Morgan fingerprint density at radius 3 is 2.31 bits per heavy atom. The van der Waals surface area contributed by atoms with Crippen molar-refractivity contribution in [2.75, 3.05) is 19.6 Å². The van der Waals surface area contributed by atoms with Gasteiger partial charge in [0.25, 0.3) is 0 Å². The fourth-order valence-corrected chi connectivity index (χ4v) is 1.58. The van der Waals surface area contributed by atoms with Crippen molar-refractivity contribution in [3.8, 4) is 0 Å². The van der Waals surface area contributed by atoms with Gasteiger partial charge in [0.1, 0.15) is 0 Å². The lowest BCUT2D eigenvalue weighted by atomic mass is 9.88. The molecule has 0 aliphatic rings. The molecule has 0 aromatic heterocycles. The first-order valence-electron chi connectivity index (χ1n) is 6.34. The number of hydrogen-bond donors (Lipinski definition) is 1. The van der Waals surface area contributed by atoms with Crippen LogP contribution in [-0.2, 0) is 4.79 Å². The summed E-state index contributed by atoms with van der Waals surface area (Å²) in [6.07, 6.45) is 1.77. The largest absolute Gasteiger partial charge is 0.342 e. The maximum absolute atomic E-state index is 12.3. The van der Waals surface area contributed by atoms with Crippen molar-refractivity contribution in [2.45, 2.75) is 47.5 Å². The number of carbonyl (C=O) groups excluding carboxylic acids is 1. The Labute approximate surface area is 100 Å². The van der Waals surface area contributed by atoms with Gasteiger partial charge in [-0.05, 0) is 25.3 Å². The molecule has 0 aliphatic carbocycles. The normalized spacial score (nSPS) is 11.9. The van der Waals surface area contributed by atoms with Crippen molar-refractivity contribution >= 4 is 5.91 Å². The average Bonchev–Trinajstić information content (AvgIpc) is 2.22. The van der Waals surface area contributed by atoms with E-state index in [4.69, 9.17) is 5.73 Å². The summed E-state index contributed by atoms with van der Waals surface area (Å²) in [4.78, 5) is 14.3. The lowest BCUT2D eigenvalue weighted by Crippen LogP contribution is -2.43. The highest BCUT2D eigenvalue weighted by atomic mass is 16.2. The molecule has 1 amide bonds. The summed E-state index contributed by atoms with van der Waals surface area (Å²) in [7, 11) is 0. The van der Waals surface area contributed by atoms with Gasteiger partial charge >= 0.3 is 0 Å². The van der Waals surface area contributed by atoms with Crippen LogP contribution in [-0.4, -0.2) is 30.4 Å². The molecule has 0 fully saturated rings. The molecule has 0 saturated carbocycles. The van der Waals surface area contributed by atoms with Gasteiger partial charge in [-0.3, -0.25) is 4.79 Å². The molecule has 0 rings (SSSR count). The zero-order valence-corrected chi connectivity index (χ0v) is 11.5. The standard InChI is InChI=1S/C13H28N2O/c1-6-13(4,5)12(16)15(9-7-8-14)10-11(2)3/h11H,6-10,14H2,1-5H3. The minimum Gasteiger partial charge on any atom is -0.342 e. The molecule has 0 aliphatic heterocycles. The summed E-state index contributed by atoms with van der Waals surface area (Å²) in [5, 5.41) is 0. The summed E-state index contributed by atoms with van der Waals surface area (Å²) < 4.78 is 0. The summed E-state index contributed by atoms with van der Waals surface area (Å²) in [6, 6.07) is 0. The van der Waals surface area contributed by atoms with Crippen LogP contribution in [0.2, 0.25) is 0 Å². The van der Waals surface area contributed by atoms with E-state index in [0.29, 0.717) is 12.5 Å². The van der Waals surface area contributed by atoms with Gasteiger partial charge in [0, 0.05) is 18.5 Å². The molecular formula is C13H28N2O. The Morgan fingerprint density at radius 1 is 1.38 bits per heavy atom. The lowest BCUT2D eigenvalue weighted by Gasteiger charge is -2.32. The van der Waals surface area contributed by atoms with Gasteiger partial charge in [0.2, 0.25) is 5.91 Å². The van der Waals surface area contributed by atoms with Crippen LogP contribution in [0.15, 0.2) is 0 Å². The molecular weight excluding hydrogens is 200 g/mol. The minimum atomic E-state index is -0.247. The van der Waals surface area contributed by atoms with E-state index >= 15 is 0 Å². The van der Waals surface area contributed by atoms with Crippen molar-refractivity contribution in [1.29, 1.82) is 0 Å². The van der Waals surface area contributed by atoms with E-state index in [2.05, 4.69) is 20.8 Å². The molecule has 96 valence electrons. The maximum Gasteiger partial charge on any atom is 0.228 e. The Hall–Kier alpha value is -0.570. The summed E-state index contributed by atoms with van der Waals surface area (Å²) in [5.41, 5.74) is 5.26. The first-order chi connectivity index (χ1) is 7.35. The summed E-state index contributed by atoms with van der Waals surface area (Å²) >= 11 is 0. The zero-order valence-electron chi connectivity index (χ0n) is 11.5. The molecule has 0 unspecified atom stereocenters. The molecule has 0 aromatic rings. The second-order valence-corrected chi connectivity index (χ2v) is 5.52. The summed E-state index contributed by atoms with van der Waals surface area (Å²) in [5.74, 6) is 0.770. The van der Waals surface area contributed by atoms with Crippen molar-refractivity contribution in [2.24, 2.45) is 17.1 Å². The molecule has 0 spiro atoms. The van der Waals surface area contributed by atoms with E-state index < -0.39 is 0 Å². The predicted octanol–water partition coefficient (Wildman–Crippen LogP) is 2.26. The van der Waals surface area contributed by atoms with Crippen molar-refractivity contribution in [3.63, 3.8) is 0 Å². The van der Waals surface area contributed by atoms with Gasteiger partial charge in [-0.15, -0.1) is 0 Å². The van der Waals surface area contributed by atoms with Crippen LogP contribution >= 0.6 is 0 Å². The van der Waals surface area contributed by atoms with Gasteiger partial charge in [0.05, 0.1) is 0 Å². The fraction of sp³-hybridized carbons (Fsp3) is 0.923. The van der Waals surface area contributed by atoms with Crippen LogP contribution in [0.3, 0.4) is 0 Å². The first-order valence-corrected chi connectivity index (χ1v) is 6.34. The Morgan fingerprint density at radius 2 is 1.94 bits per heavy atom. The van der Waals surface area contributed by atoms with Crippen LogP contribution in [0, 0.1) is 11.3 Å². The molecule has 0 atom stereocenters. The van der Waals surface area contributed by atoms with E-state index in [1.165, 1.54) is 0 Å². The highest BCUT2D eigenvalue weighted by Gasteiger charge is 2.30. The van der Waals surface area contributed by atoms with Crippen LogP contribution in [0.4, 0.5) is 0 Å². The number of nitrogens with zero attached hydrogens (tertiary/aromatic N) is 1. The predicted molar refractivity (Wildman–Crippen MR) is 69.2 cm³/mol. The minimum absolute atomic E-state index is 0.247. The van der Waals surface area contributed by atoms with Gasteiger partial charge in [-0.25, -0.2) is 0 Å². The molecule has 0 saturated heterocycles. The monoisotopic (exact) mass is 228 g/mol. The van der Waals surface area contributed by atoms with Gasteiger partial charge < -0.3 is 10.6 Å². The van der Waals surface area contributed by atoms with Crippen molar-refractivity contribution < 1.29 is 4.79 Å². The average molecular weight is 228 g/mol. The molecule has 0 bridgehead atoms. The third-order valence-electron chi connectivity index (χ3n) is 2.97. The third kappa shape index (κ3) is 4.97. The van der Waals surface area contributed by atoms with Crippen molar-refractivity contribution in [3.05, 3.63) is 0 Å². The van der Waals surface area contributed by atoms with E-state index in [0.717, 1.165) is 25.9 Å². The van der Waals surface area contributed by atoms with Crippen LogP contribution < -0.4 is 5.73 Å². The van der Waals surface area contributed by atoms with E-state index in [-0.39, 0.29) is 11.3 Å². The molecule has 3 nitrogen and oxygen atoms in total. The number of rotatable bonds is 7. The van der Waals surface area contributed by atoms with Crippen molar-refractivity contribution in [1.82, 2.24) is 4.90 Å².